The van der Waals surface area contributed by atoms with Crippen LogP contribution in [-0.4, -0.2) is 36.7 Å². The van der Waals surface area contributed by atoms with Crippen LogP contribution in [0.1, 0.15) is 39.2 Å². The van der Waals surface area contributed by atoms with Crippen LogP contribution in [0, 0.1) is 0 Å². The maximum Gasteiger partial charge on any atom is 0.119 e. The van der Waals surface area contributed by atoms with Gasteiger partial charge in [-0.05, 0) is 37.5 Å². The van der Waals surface area contributed by atoms with E-state index in [2.05, 4.69) is 49.2 Å². The predicted octanol–water partition coefficient (Wildman–Crippen LogP) is 3.05. The zero-order chi connectivity index (χ0) is 14.6. The average molecular weight is 276 g/mol. The highest BCUT2D eigenvalue weighted by Gasteiger charge is 2.33. The molecule has 1 saturated heterocycles. The van der Waals surface area contributed by atoms with Gasteiger partial charge in [0.2, 0.25) is 0 Å². The van der Waals surface area contributed by atoms with Crippen molar-refractivity contribution in [2.45, 2.75) is 51.7 Å². The summed E-state index contributed by atoms with van der Waals surface area (Å²) in [5.74, 6) is 0.948. The Kier molecular flexibility index (Phi) is 5.06. The molecule has 0 spiro atoms. The van der Waals surface area contributed by atoms with E-state index in [1.807, 2.05) is 6.07 Å². The third-order valence-electron chi connectivity index (χ3n) is 4.60. The largest absolute Gasteiger partial charge is 0.497 e. The summed E-state index contributed by atoms with van der Waals surface area (Å²) in [7, 11) is 1.73. The Bertz CT molecular complexity index is 435. The first-order valence-electron chi connectivity index (χ1n) is 7.72. The highest BCUT2D eigenvalue weighted by Crippen LogP contribution is 2.23. The first kappa shape index (κ1) is 15.3. The molecule has 2 rings (SSSR count). The molecule has 20 heavy (non-hydrogen) atoms. The van der Waals surface area contributed by atoms with Crippen LogP contribution in [0.3, 0.4) is 0 Å². The lowest BCUT2D eigenvalue weighted by molar-refractivity contribution is 0.0754. The molecule has 1 heterocycles. The first-order chi connectivity index (χ1) is 9.60. The van der Waals surface area contributed by atoms with Gasteiger partial charge in [-0.1, -0.05) is 26.0 Å². The van der Waals surface area contributed by atoms with E-state index in [1.165, 1.54) is 12.0 Å². The van der Waals surface area contributed by atoms with Crippen molar-refractivity contribution in [3.05, 3.63) is 29.8 Å². The third-order valence-corrected chi connectivity index (χ3v) is 4.60. The maximum absolute atomic E-state index is 5.33. The molecule has 0 saturated carbocycles. The highest BCUT2D eigenvalue weighted by atomic mass is 16.5. The van der Waals surface area contributed by atoms with Gasteiger partial charge in [0.05, 0.1) is 7.11 Å². The van der Waals surface area contributed by atoms with Crippen molar-refractivity contribution < 1.29 is 4.74 Å². The molecular formula is C17H28N2O. The molecule has 1 aliphatic heterocycles. The molecule has 1 fully saturated rings. The quantitative estimate of drug-likeness (QED) is 0.894. The van der Waals surface area contributed by atoms with Gasteiger partial charge in [-0.2, -0.15) is 0 Å². The smallest absolute Gasteiger partial charge is 0.119 e. The zero-order valence-electron chi connectivity index (χ0n) is 13.3. The minimum absolute atomic E-state index is 0.241. The Labute approximate surface area is 123 Å². The summed E-state index contributed by atoms with van der Waals surface area (Å²) in [6.07, 6.45) is 2.36. The molecule has 1 aliphatic rings. The first-order valence-corrected chi connectivity index (χ1v) is 7.72. The normalized spacial score (nSPS) is 27.5. The highest BCUT2D eigenvalue weighted by molar-refractivity contribution is 5.28. The second kappa shape index (κ2) is 6.59. The average Bonchev–Trinajstić information content (AvgIpc) is 2.48. The van der Waals surface area contributed by atoms with Crippen LogP contribution in [0.15, 0.2) is 24.3 Å². The Balaban J connectivity index is 2.11. The van der Waals surface area contributed by atoms with Crippen molar-refractivity contribution in [2.24, 2.45) is 0 Å². The SMILES string of the molecule is CCC1CNC(C)(CC)CN1Cc1cccc(OC)c1. The van der Waals surface area contributed by atoms with Gasteiger partial charge < -0.3 is 10.1 Å². The van der Waals surface area contributed by atoms with Gasteiger partial charge in [0.25, 0.3) is 0 Å². The summed E-state index contributed by atoms with van der Waals surface area (Å²) in [6, 6.07) is 9.06. The van der Waals surface area contributed by atoms with E-state index in [0.29, 0.717) is 6.04 Å². The minimum Gasteiger partial charge on any atom is -0.497 e. The molecule has 0 aromatic heterocycles. The summed E-state index contributed by atoms with van der Waals surface area (Å²) < 4.78 is 5.33. The molecule has 2 atom stereocenters. The van der Waals surface area contributed by atoms with E-state index in [1.54, 1.807) is 7.11 Å². The van der Waals surface area contributed by atoms with Gasteiger partial charge in [-0.25, -0.2) is 0 Å². The standard InChI is InChI=1S/C17H28N2O/c1-5-15-11-18-17(3,6-2)13-19(15)12-14-8-7-9-16(10-14)20-4/h7-10,15,18H,5-6,11-13H2,1-4H3. The fourth-order valence-corrected chi connectivity index (χ4v) is 2.96. The Hall–Kier alpha value is -1.06. The lowest BCUT2D eigenvalue weighted by Crippen LogP contribution is -2.62. The van der Waals surface area contributed by atoms with E-state index < -0.39 is 0 Å². The lowest BCUT2D eigenvalue weighted by Gasteiger charge is -2.46. The third kappa shape index (κ3) is 3.53. The van der Waals surface area contributed by atoms with Crippen molar-refractivity contribution in [3.8, 4) is 5.75 Å². The van der Waals surface area contributed by atoms with Crippen LogP contribution in [-0.2, 0) is 6.54 Å². The Morgan fingerprint density at radius 1 is 1.40 bits per heavy atom. The molecular weight excluding hydrogens is 248 g/mol. The Morgan fingerprint density at radius 2 is 2.20 bits per heavy atom. The molecule has 0 amide bonds. The topological polar surface area (TPSA) is 24.5 Å². The predicted molar refractivity (Wildman–Crippen MR) is 84.2 cm³/mol. The number of benzene rings is 1. The van der Waals surface area contributed by atoms with Crippen LogP contribution >= 0.6 is 0 Å². The molecule has 0 bridgehead atoms. The molecule has 0 aliphatic carbocycles. The van der Waals surface area contributed by atoms with Gasteiger partial charge >= 0.3 is 0 Å². The number of hydrogen-bond acceptors (Lipinski definition) is 3. The number of nitrogens with zero attached hydrogens (tertiary/aromatic N) is 1. The van der Waals surface area contributed by atoms with E-state index in [9.17, 15) is 0 Å². The summed E-state index contributed by atoms with van der Waals surface area (Å²) in [5.41, 5.74) is 1.58. The number of ether oxygens (including phenoxy) is 1. The summed E-state index contributed by atoms with van der Waals surface area (Å²) in [4.78, 5) is 2.62. The van der Waals surface area contributed by atoms with E-state index in [0.717, 1.165) is 31.8 Å². The van der Waals surface area contributed by atoms with Gasteiger partial charge in [0.15, 0.2) is 0 Å². The van der Waals surface area contributed by atoms with Crippen molar-refractivity contribution in [1.82, 2.24) is 10.2 Å². The molecule has 1 N–H and O–H groups in total. The van der Waals surface area contributed by atoms with E-state index in [4.69, 9.17) is 4.74 Å². The number of methoxy groups -OCH3 is 1. The number of rotatable bonds is 5. The monoisotopic (exact) mass is 276 g/mol. The van der Waals surface area contributed by atoms with E-state index in [-0.39, 0.29) is 5.54 Å². The lowest BCUT2D eigenvalue weighted by atomic mass is 9.92. The van der Waals surface area contributed by atoms with Crippen molar-refractivity contribution in [1.29, 1.82) is 0 Å². The fraction of sp³-hybridized carbons (Fsp3) is 0.647. The molecule has 2 unspecified atom stereocenters. The summed E-state index contributed by atoms with van der Waals surface area (Å²) >= 11 is 0. The van der Waals surface area contributed by atoms with Crippen molar-refractivity contribution >= 4 is 0 Å². The Morgan fingerprint density at radius 3 is 2.85 bits per heavy atom. The van der Waals surface area contributed by atoms with Gasteiger partial charge in [-0.15, -0.1) is 0 Å². The summed E-state index contributed by atoms with van der Waals surface area (Å²) in [6.45, 7) is 10.1. The minimum atomic E-state index is 0.241. The fourth-order valence-electron chi connectivity index (χ4n) is 2.96. The zero-order valence-corrected chi connectivity index (χ0v) is 13.3. The van der Waals surface area contributed by atoms with Gasteiger partial charge in [0, 0.05) is 31.2 Å². The molecule has 112 valence electrons. The summed E-state index contributed by atoms with van der Waals surface area (Å²) in [5, 5.41) is 3.72. The molecule has 3 heteroatoms. The molecule has 1 aromatic carbocycles. The number of hydrogen-bond donors (Lipinski definition) is 1. The van der Waals surface area contributed by atoms with Crippen LogP contribution in [0.4, 0.5) is 0 Å². The van der Waals surface area contributed by atoms with Crippen LogP contribution in [0.5, 0.6) is 5.75 Å². The van der Waals surface area contributed by atoms with Crippen LogP contribution in [0.25, 0.3) is 0 Å². The van der Waals surface area contributed by atoms with Crippen molar-refractivity contribution in [2.75, 3.05) is 20.2 Å². The van der Waals surface area contributed by atoms with Gasteiger partial charge in [0.1, 0.15) is 5.75 Å². The molecule has 1 aromatic rings. The van der Waals surface area contributed by atoms with Crippen molar-refractivity contribution in [3.63, 3.8) is 0 Å². The van der Waals surface area contributed by atoms with Gasteiger partial charge in [-0.3, -0.25) is 4.90 Å². The van der Waals surface area contributed by atoms with Crippen LogP contribution < -0.4 is 10.1 Å². The van der Waals surface area contributed by atoms with E-state index >= 15 is 0 Å². The second-order valence-corrected chi connectivity index (χ2v) is 6.11. The molecule has 3 nitrogen and oxygen atoms in total. The van der Waals surface area contributed by atoms with Crippen LogP contribution in [0.2, 0.25) is 0 Å². The number of nitrogens with one attached hydrogen (secondary N) is 1. The maximum atomic E-state index is 5.33. The second-order valence-electron chi connectivity index (χ2n) is 6.11. The molecule has 0 radical (unpaired) electrons. The number of piperazine rings is 1.